The first-order chi connectivity index (χ1) is 14.8. The number of aldehydes is 3. The summed E-state index contributed by atoms with van der Waals surface area (Å²) in [7, 11) is 0. The van der Waals surface area contributed by atoms with Gasteiger partial charge in [0.15, 0.2) is 18.9 Å². The Bertz CT molecular complexity index is 453. The molecule has 10 atom stereocenters. The first-order valence-corrected chi connectivity index (χ1v) is 8.80. The molecule has 0 aromatic rings. The fourth-order valence-electron chi connectivity index (χ4n) is 1.45. The summed E-state index contributed by atoms with van der Waals surface area (Å²) in [5.41, 5.74) is 0. The van der Waals surface area contributed by atoms with Crippen LogP contribution in [0.5, 0.6) is 0 Å². The number of hydrogen-bond donors (Lipinski definition) is 13. The Balaban J connectivity index is -0.000000397. The normalized spacial score (nSPS) is 20.2. The van der Waals surface area contributed by atoms with Gasteiger partial charge in [0.05, 0.1) is 19.8 Å². The summed E-state index contributed by atoms with van der Waals surface area (Å²) in [4.78, 5) is 29.4. The van der Waals surface area contributed by atoms with Crippen LogP contribution in [0.2, 0.25) is 0 Å². The van der Waals surface area contributed by atoms with Crippen LogP contribution in [0.3, 0.4) is 0 Å². The van der Waals surface area contributed by atoms with E-state index in [1.165, 1.54) is 0 Å². The largest absolute Gasteiger partial charge is 0.394 e. The Morgan fingerprint density at radius 3 is 0.844 bits per heavy atom. The maximum atomic E-state index is 9.90. The molecule has 0 aromatic carbocycles. The quantitative estimate of drug-likeness (QED) is 0.109. The molecule has 0 saturated carbocycles. The molecular formula is C16H32O16. The number of hydrogen-bond acceptors (Lipinski definition) is 16. The number of carbonyl (C=O) groups excluding carboxylic acids is 3. The Hall–Kier alpha value is -1.51. The average molecular weight is 480 g/mol. The van der Waals surface area contributed by atoms with Gasteiger partial charge in [0, 0.05) is 0 Å². The van der Waals surface area contributed by atoms with Crippen molar-refractivity contribution in [2.24, 2.45) is 0 Å². The molecule has 0 rings (SSSR count). The van der Waals surface area contributed by atoms with E-state index in [9.17, 15) is 14.4 Å². The molecule has 16 nitrogen and oxygen atoms in total. The molecular weight excluding hydrogens is 448 g/mol. The van der Waals surface area contributed by atoms with Crippen molar-refractivity contribution in [2.75, 3.05) is 19.8 Å². The zero-order chi connectivity index (χ0) is 26.0. The molecule has 192 valence electrons. The molecule has 0 amide bonds. The zero-order valence-corrected chi connectivity index (χ0v) is 16.7. The van der Waals surface area contributed by atoms with Gasteiger partial charge < -0.3 is 80.8 Å². The van der Waals surface area contributed by atoms with E-state index < -0.39 is 80.9 Å². The molecule has 0 saturated heterocycles. The number of aliphatic hydroxyl groups excluding tert-OH is 13. The highest BCUT2D eigenvalue weighted by molar-refractivity contribution is 5.57. The molecule has 0 spiro atoms. The molecule has 0 bridgehead atoms. The smallest absolute Gasteiger partial charge is 0.151 e. The van der Waals surface area contributed by atoms with Crippen molar-refractivity contribution in [3.63, 3.8) is 0 Å². The highest BCUT2D eigenvalue weighted by Crippen LogP contribution is 2.03. The van der Waals surface area contributed by atoms with E-state index in [0.29, 0.717) is 0 Å². The minimum atomic E-state index is -1.79. The van der Waals surface area contributed by atoms with Crippen molar-refractivity contribution in [2.45, 2.75) is 61.0 Å². The summed E-state index contributed by atoms with van der Waals surface area (Å²) in [6.45, 7) is -2.14. The minimum absolute atomic E-state index is 0.0258. The van der Waals surface area contributed by atoms with Gasteiger partial charge in [0.1, 0.15) is 61.0 Å². The van der Waals surface area contributed by atoms with Gasteiger partial charge in [-0.2, -0.15) is 0 Å². The molecule has 0 aliphatic rings. The van der Waals surface area contributed by atoms with E-state index in [0.717, 1.165) is 0 Å². The molecule has 0 aliphatic carbocycles. The van der Waals surface area contributed by atoms with Crippen molar-refractivity contribution in [3.05, 3.63) is 0 Å². The summed E-state index contributed by atoms with van der Waals surface area (Å²) in [6, 6.07) is 0. The summed E-state index contributed by atoms with van der Waals surface area (Å²) in [5.74, 6) is 0. The van der Waals surface area contributed by atoms with Gasteiger partial charge in [0.2, 0.25) is 0 Å². The molecule has 13 N–H and O–H groups in total. The van der Waals surface area contributed by atoms with Gasteiger partial charge in [-0.05, 0) is 0 Å². The van der Waals surface area contributed by atoms with Crippen LogP contribution in [0.15, 0.2) is 0 Å². The third-order valence-corrected chi connectivity index (χ3v) is 3.56. The Morgan fingerprint density at radius 1 is 0.406 bits per heavy atom. The lowest BCUT2D eigenvalue weighted by molar-refractivity contribution is -0.136. The van der Waals surface area contributed by atoms with E-state index in [1.54, 1.807) is 0 Å². The van der Waals surface area contributed by atoms with Crippen LogP contribution in [-0.2, 0) is 14.4 Å². The number of rotatable bonds is 13. The minimum Gasteiger partial charge on any atom is -0.394 e. The zero-order valence-electron chi connectivity index (χ0n) is 16.7. The van der Waals surface area contributed by atoms with Crippen LogP contribution < -0.4 is 0 Å². The summed E-state index contributed by atoms with van der Waals surface area (Å²) in [5, 5.41) is 112. The van der Waals surface area contributed by atoms with Crippen molar-refractivity contribution < 1.29 is 80.8 Å². The number of carbonyl (C=O) groups is 3. The Kier molecular flexibility index (Phi) is 22.1. The molecule has 32 heavy (non-hydrogen) atoms. The Labute approximate surface area is 181 Å². The molecule has 0 unspecified atom stereocenters. The molecule has 16 heteroatoms. The second-order valence-corrected chi connectivity index (χ2v) is 6.09. The van der Waals surface area contributed by atoms with Crippen LogP contribution >= 0.6 is 0 Å². The highest BCUT2D eigenvalue weighted by atomic mass is 16.4. The van der Waals surface area contributed by atoms with Crippen molar-refractivity contribution in [3.8, 4) is 0 Å². The van der Waals surface area contributed by atoms with Gasteiger partial charge in [-0.25, -0.2) is 0 Å². The van der Waals surface area contributed by atoms with Gasteiger partial charge in [-0.3, -0.25) is 0 Å². The molecule has 0 radical (unpaired) electrons. The van der Waals surface area contributed by atoms with Gasteiger partial charge in [0.25, 0.3) is 0 Å². The third kappa shape index (κ3) is 14.5. The van der Waals surface area contributed by atoms with Crippen molar-refractivity contribution >= 4 is 18.9 Å². The molecule has 0 fully saturated rings. The number of aliphatic hydroxyl groups is 13. The Morgan fingerprint density at radius 2 is 0.625 bits per heavy atom. The lowest BCUT2D eigenvalue weighted by Crippen LogP contribution is -2.46. The maximum Gasteiger partial charge on any atom is 0.151 e. The highest BCUT2D eigenvalue weighted by Gasteiger charge is 2.29. The summed E-state index contributed by atoms with van der Waals surface area (Å²) in [6.07, 6.45) is -16.1. The van der Waals surface area contributed by atoms with Crippen LogP contribution in [-0.4, -0.2) is 166 Å². The third-order valence-electron chi connectivity index (χ3n) is 3.56. The molecule has 0 heterocycles. The topological polar surface area (TPSA) is 314 Å². The standard InChI is InChI=1S/C6H12O6.2C5H10O5/c7-1-3(9)5(11)6(12)4(10)2-8;2*6-1-3(8)5(10)4(9)2-7/h1,3-6,8-12H,2H2;2*1,3-5,7-10H,2H2/t3-,4+,5+,6-;3-,4+,5+;3-,4-,5+/m001/s1. The van der Waals surface area contributed by atoms with Crippen molar-refractivity contribution in [1.29, 1.82) is 0 Å². The van der Waals surface area contributed by atoms with E-state index >= 15 is 0 Å². The van der Waals surface area contributed by atoms with Crippen LogP contribution in [0.1, 0.15) is 0 Å². The monoisotopic (exact) mass is 480 g/mol. The first-order valence-electron chi connectivity index (χ1n) is 8.80. The fraction of sp³-hybridized carbons (Fsp3) is 0.812. The SMILES string of the molecule is O=C[C@@H](O)[C@H](O)[C@H](O)CO.O=C[C@H](O)[C@@H](O)[C@@H](O)[C@H](O)CO.O=C[C@H](O)[C@@H](O)[C@H](O)CO. The van der Waals surface area contributed by atoms with Gasteiger partial charge in [-0.1, -0.05) is 0 Å². The lowest BCUT2D eigenvalue weighted by atomic mass is 10.0. The second-order valence-electron chi connectivity index (χ2n) is 6.09. The molecule has 0 aromatic heterocycles. The van der Waals surface area contributed by atoms with E-state index in [4.69, 9.17) is 66.4 Å². The fourth-order valence-corrected chi connectivity index (χ4v) is 1.45. The summed E-state index contributed by atoms with van der Waals surface area (Å²) < 4.78 is 0. The van der Waals surface area contributed by atoms with E-state index in [1.807, 2.05) is 0 Å². The predicted octanol–water partition coefficient (Wildman–Crippen LogP) is -8.86. The maximum absolute atomic E-state index is 9.90. The summed E-state index contributed by atoms with van der Waals surface area (Å²) >= 11 is 0. The van der Waals surface area contributed by atoms with E-state index in [2.05, 4.69) is 0 Å². The van der Waals surface area contributed by atoms with Crippen LogP contribution in [0.4, 0.5) is 0 Å². The van der Waals surface area contributed by atoms with Crippen LogP contribution in [0, 0.1) is 0 Å². The first kappa shape index (κ1) is 35.1. The predicted molar refractivity (Wildman–Crippen MR) is 99.5 cm³/mol. The lowest BCUT2D eigenvalue weighted by Gasteiger charge is -2.22. The van der Waals surface area contributed by atoms with E-state index in [-0.39, 0.29) is 18.9 Å². The molecule has 0 aliphatic heterocycles. The van der Waals surface area contributed by atoms with Gasteiger partial charge in [-0.15, -0.1) is 0 Å². The van der Waals surface area contributed by atoms with Gasteiger partial charge >= 0.3 is 0 Å². The average Bonchev–Trinajstić information content (AvgIpc) is 2.84. The van der Waals surface area contributed by atoms with Crippen LogP contribution in [0.25, 0.3) is 0 Å². The van der Waals surface area contributed by atoms with Crippen molar-refractivity contribution in [1.82, 2.24) is 0 Å². The second kappa shape index (κ2) is 20.1.